The van der Waals surface area contributed by atoms with Crippen molar-refractivity contribution >= 4 is 11.5 Å². The number of halogens is 1. The third-order valence-corrected chi connectivity index (χ3v) is 4.84. The van der Waals surface area contributed by atoms with Gasteiger partial charge in [0, 0.05) is 30.8 Å². The van der Waals surface area contributed by atoms with Crippen molar-refractivity contribution in [2.75, 3.05) is 11.4 Å². The lowest BCUT2D eigenvalue weighted by Crippen LogP contribution is -2.36. The van der Waals surface area contributed by atoms with E-state index in [0.717, 1.165) is 17.8 Å². The Labute approximate surface area is 154 Å². The Morgan fingerprint density at radius 2 is 2.22 bits per heavy atom. The minimum atomic E-state index is -0.334. The number of hydrogen-bond donors (Lipinski definition) is 1. The Hall–Kier alpha value is -3.23. The van der Waals surface area contributed by atoms with Crippen molar-refractivity contribution in [1.29, 1.82) is 0 Å². The van der Waals surface area contributed by atoms with Crippen molar-refractivity contribution in [2.45, 2.75) is 32.2 Å². The number of H-pyrrole nitrogens is 1. The van der Waals surface area contributed by atoms with Crippen molar-refractivity contribution in [3.8, 4) is 0 Å². The molecule has 4 aromatic heterocycles. The highest BCUT2D eigenvalue weighted by atomic mass is 19.1. The molecule has 4 aromatic rings. The second-order valence-electron chi connectivity index (χ2n) is 6.94. The van der Waals surface area contributed by atoms with E-state index in [0.29, 0.717) is 29.7 Å². The summed E-state index contributed by atoms with van der Waals surface area (Å²) in [6, 6.07) is 4.89. The van der Waals surface area contributed by atoms with Crippen LogP contribution < -0.4 is 4.90 Å². The van der Waals surface area contributed by atoms with E-state index < -0.39 is 0 Å². The van der Waals surface area contributed by atoms with Crippen LogP contribution in [0, 0.1) is 5.82 Å². The van der Waals surface area contributed by atoms with Crippen LogP contribution >= 0.6 is 0 Å². The van der Waals surface area contributed by atoms with Gasteiger partial charge in [-0.15, -0.1) is 5.10 Å². The number of nitrogens with zero attached hydrogens (tertiary/aromatic N) is 6. The van der Waals surface area contributed by atoms with Gasteiger partial charge in [0.15, 0.2) is 0 Å². The third kappa shape index (κ3) is 2.49. The van der Waals surface area contributed by atoms with Crippen molar-refractivity contribution < 1.29 is 8.81 Å². The molecule has 0 bridgehead atoms. The normalized spacial score (nSPS) is 17.0. The monoisotopic (exact) mass is 367 g/mol. The molecule has 0 aliphatic carbocycles. The number of fused-ring (bicyclic) bond motifs is 2. The summed E-state index contributed by atoms with van der Waals surface area (Å²) in [4.78, 5) is 9.67. The highest BCUT2D eigenvalue weighted by Gasteiger charge is 2.36. The van der Waals surface area contributed by atoms with Gasteiger partial charge >= 0.3 is 6.01 Å². The van der Waals surface area contributed by atoms with Crippen LogP contribution in [0.1, 0.15) is 48.8 Å². The molecule has 5 rings (SSSR count). The highest BCUT2D eigenvalue weighted by molar-refractivity contribution is 5.52. The molecule has 8 nitrogen and oxygen atoms in total. The van der Waals surface area contributed by atoms with Crippen molar-refractivity contribution in [3.05, 3.63) is 59.5 Å². The Morgan fingerprint density at radius 1 is 1.33 bits per heavy atom. The molecule has 0 radical (unpaired) electrons. The van der Waals surface area contributed by atoms with Gasteiger partial charge in [-0.3, -0.25) is 0 Å². The highest BCUT2D eigenvalue weighted by Crippen LogP contribution is 2.36. The summed E-state index contributed by atoms with van der Waals surface area (Å²) in [5.74, 6) is 0.401. The van der Waals surface area contributed by atoms with Crippen LogP contribution in [0.3, 0.4) is 0 Å². The summed E-state index contributed by atoms with van der Waals surface area (Å²) in [7, 11) is 0. The van der Waals surface area contributed by atoms with Crippen molar-refractivity contribution in [1.82, 2.24) is 29.8 Å². The molecule has 1 atom stereocenters. The second-order valence-corrected chi connectivity index (χ2v) is 6.94. The van der Waals surface area contributed by atoms with Gasteiger partial charge in [-0.1, -0.05) is 18.9 Å². The predicted molar refractivity (Wildman–Crippen MR) is 95.0 cm³/mol. The van der Waals surface area contributed by atoms with Crippen LogP contribution in [0.4, 0.5) is 10.4 Å². The molecule has 1 aliphatic heterocycles. The summed E-state index contributed by atoms with van der Waals surface area (Å²) in [5, 5.41) is 13.0. The summed E-state index contributed by atoms with van der Waals surface area (Å²) >= 11 is 0. The van der Waals surface area contributed by atoms with Gasteiger partial charge in [-0.05, 0) is 18.2 Å². The number of aromatic amines is 1. The average Bonchev–Trinajstić information content (AvgIpc) is 3.39. The van der Waals surface area contributed by atoms with E-state index >= 15 is 0 Å². The van der Waals surface area contributed by atoms with Crippen LogP contribution in [0.2, 0.25) is 0 Å². The van der Waals surface area contributed by atoms with Crippen LogP contribution in [0.15, 0.2) is 35.1 Å². The maximum Gasteiger partial charge on any atom is 0.319 e. The average molecular weight is 367 g/mol. The van der Waals surface area contributed by atoms with E-state index in [1.54, 1.807) is 24.7 Å². The van der Waals surface area contributed by atoms with Gasteiger partial charge in [0.1, 0.15) is 17.4 Å². The molecule has 5 heterocycles. The number of nitrogens with one attached hydrogen (secondary N) is 1. The van der Waals surface area contributed by atoms with Gasteiger partial charge in [0.25, 0.3) is 0 Å². The van der Waals surface area contributed by atoms with E-state index in [4.69, 9.17) is 4.42 Å². The fourth-order valence-electron chi connectivity index (χ4n) is 3.49. The molecule has 0 amide bonds. The molecule has 138 valence electrons. The van der Waals surface area contributed by atoms with E-state index in [2.05, 4.69) is 25.3 Å². The molecule has 27 heavy (non-hydrogen) atoms. The molecule has 0 aromatic carbocycles. The predicted octanol–water partition coefficient (Wildman–Crippen LogP) is 2.86. The first-order valence-electron chi connectivity index (χ1n) is 8.88. The maximum atomic E-state index is 14.2. The first-order valence-corrected chi connectivity index (χ1v) is 8.88. The fourth-order valence-corrected chi connectivity index (χ4v) is 3.49. The van der Waals surface area contributed by atoms with Crippen LogP contribution in [-0.4, -0.2) is 36.3 Å². The van der Waals surface area contributed by atoms with Crippen LogP contribution in [0.25, 0.3) is 5.52 Å². The summed E-state index contributed by atoms with van der Waals surface area (Å²) in [5.41, 5.74) is 2.98. The molecule has 1 N–H and O–H groups in total. The van der Waals surface area contributed by atoms with Gasteiger partial charge in [-0.2, -0.15) is 5.10 Å². The summed E-state index contributed by atoms with van der Waals surface area (Å²) in [6.45, 7) is 4.67. The molecule has 9 heteroatoms. The Kier molecular flexibility index (Phi) is 3.49. The minimum Gasteiger partial charge on any atom is -0.408 e. The number of anilines is 1. The zero-order valence-corrected chi connectivity index (χ0v) is 14.9. The molecular weight excluding hydrogens is 349 g/mol. The molecule has 0 fully saturated rings. The lowest BCUT2D eigenvalue weighted by atomic mass is 10.0. The molecule has 1 aliphatic rings. The van der Waals surface area contributed by atoms with Crippen LogP contribution in [0.5, 0.6) is 0 Å². The van der Waals surface area contributed by atoms with Crippen molar-refractivity contribution in [2.24, 2.45) is 0 Å². The quantitative estimate of drug-likeness (QED) is 0.599. The fraction of sp³-hybridized carbons (Fsp3) is 0.333. The second kappa shape index (κ2) is 5.90. The van der Waals surface area contributed by atoms with Crippen molar-refractivity contribution in [3.63, 3.8) is 0 Å². The first kappa shape index (κ1) is 16.0. The summed E-state index contributed by atoms with van der Waals surface area (Å²) in [6.07, 6.45) is 4.17. The lowest BCUT2D eigenvalue weighted by Gasteiger charge is -2.32. The topological polar surface area (TPSA) is 88.1 Å². The smallest absolute Gasteiger partial charge is 0.319 e. The van der Waals surface area contributed by atoms with Crippen LogP contribution in [-0.2, 0) is 6.42 Å². The van der Waals surface area contributed by atoms with E-state index in [1.165, 1.54) is 10.6 Å². The van der Waals surface area contributed by atoms with Gasteiger partial charge in [-0.25, -0.2) is 13.9 Å². The lowest BCUT2D eigenvalue weighted by molar-refractivity contribution is 0.446. The van der Waals surface area contributed by atoms with E-state index in [9.17, 15) is 4.39 Å². The maximum absolute atomic E-state index is 14.2. The zero-order chi connectivity index (χ0) is 18.5. The Morgan fingerprint density at radius 3 is 3.00 bits per heavy atom. The molecule has 0 saturated heterocycles. The molecule has 0 spiro atoms. The number of rotatable bonds is 3. The summed E-state index contributed by atoms with van der Waals surface area (Å²) < 4.78 is 21.6. The van der Waals surface area contributed by atoms with E-state index in [1.807, 2.05) is 18.7 Å². The molecule has 1 unspecified atom stereocenters. The Balaban J connectivity index is 1.65. The molecule has 0 saturated carbocycles. The minimum absolute atomic E-state index is 0.139. The Bertz CT molecular complexity index is 1110. The number of imidazole rings is 1. The molecular formula is C18H18FN7O. The van der Waals surface area contributed by atoms with Gasteiger partial charge < -0.3 is 14.3 Å². The third-order valence-electron chi connectivity index (χ3n) is 4.84. The van der Waals surface area contributed by atoms with Gasteiger partial charge in [0.2, 0.25) is 5.89 Å². The SMILES string of the molecule is CC(C)c1nnc(N2CCc3[nH]cnc3C2c2cc3c(F)cccn3n2)o1. The standard InChI is InChI=1S/C18H18FN7O/c1-10(2)17-22-23-18(27-17)25-7-5-12-15(21-9-20-12)16(25)13-8-14-11(19)4-3-6-26(14)24-13/h3-4,6,8-10,16H,5,7H2,1-2H3,(H,20,21). The zero-order valence-electron chi connectivity index (χ0n) is 14.9. The number of pyridine rings is 1. The largest absolute Gasteiger partial charge is 0.408 e. The number of hydrogen-bond acceptors (Lipinski definition) is 6. The van der Waals surface area contributed by atoms with E-state index in [-0.39, 0.29) is 17.8 Å². The van der Waals surface area contributed by atoms with Gasteiger partial charge in [0.05, 0.1) is 17.7 Å². The number of aromatic nitrogens is 6. The first-order chi connectivity index (χ1) is 13.1.